The van der Waals surface area contributed by atoms with E-state index in [-0.39, 0.29) is 11.9 Å². The van der Waals surface area contributed by atoms with E-state index in [9.17, 15) is 5.11 Å². The van der Waals surface area contributed by atoms with E-state index in [1.165, 1.54) is 0 Å². The number of aliphatic hydroxyl groups excluding tert-OH is 1. The van der Waals surface area contributed by atoms with Crippen molar-refractivity contribution in [3.05, 3.63) is 0 Å². The summed E-state index contributed by atoms with van der Waals surface area (Å²) in [5.74, 6) is 0.596. The number of ether oxygens (including phenoxy) is 2. The fraction of sp³-hybridized carbons (Fsp3) is 1.00. The van der Waals surface area contributed by atoms with E-state index >= 15 is 0 Å². The van der Waals surface area contributed by atoms with E-state index in [0.29, 0.717) is 11.8 Å². The fourth-order valence-electron chi connectivity index (χ4n) is 3.16. The van der Waals surface area contributed by atoms with E-state index in [2.05, 4.69) is 0 Å². The van der Waals surface area contributed by atoms with E-state index < -0.39 is 0 Å². The lowest BCUT2D eigenvalue weighted by Crippen LogP contribution is -2.47. The van der Waals surface area contributed by atoms with Crippen LogP contribution in [0, 0.1) is 11.8 Å². The first-order valence-corrected chi connectivity index (χ1v) is 5.26. The van der Waals surface area contributed by atoms with Gasteiger partial charge in [-0.05, 0) is 25.2 Å². The highest BCUT2D eigenvalue weighted by atomic mass is 16.7. The van der Waals surface area contributed by atoms with Gasteiger partial charge in [0, 0.05) is 12.3 Å². The van der Waals surface area contributed by atoms with Gasteiger partial charge < -0.3 is 14.6 Å². The molecule has 74 valence electrons. The van der Waals surface area contributed by atoms with E-state index in [1.807, 2.05) is 0 Å². The Hall–Kier alpha value is -0.120. The largest absolute Gasteiger partial charge is 0.393 e. The second-order valence-electron chi connectivity index (χ2n) is 4.56. The minimum absolute atomic E-state index is 0.0928. The van der Waals surface area contributed by atoms with Crippen molar-refractivity contribution in [3.8, 4) is 0 Å². The smallest absolute Gasteiger partial charge is 0.171 e. The van der Waals surface area contributed by atoms with Gasteiger partial charge in [0.1, 0.15) is 0 Å². The number of fused-ring (bicyclic) bond motifs is 3. The van der Waals surface area contributed by atoms with Crippen LogP contribution in [0.5, 0.6) is 0 Å². The van der Waals surface area contributed by atoms with Crippen molar-refractivity contribution in [2.45, 2.75) is 37.6 Å². The topological polar surface area (TPSA) is 38.7 Å². The molecule has 3 fully saturated rings. The average molecular weight is 184 g/mol. The van der Waals surface area contributed by atoms with Gasteiger partial charge in [0.05, 0.1) is 19.3 Å². The van der Waals surface area contributed by atoms with Gasteiger partial charge in [0.25, 0.3) is 0 Å². The zero-order chi connectivity index (χ0) is 8.89. The minimum Gasteiger partial charge on any atom is -0.393 e. The van der Waals surface area contributed by atoms with Gasteiger partial charge in [-0.2, -0.15) is 0 Å². The molecule has 1 spiro atoms. The third-order valence-corrected chi connectivity index (χ3v) is 3.81. The highest BCUT2D eigenvalue weighted by molar-refractivity contribution is 5.01. The summed E-state index contributed by atoms with van der Waals surface area (Å²) in [6.07, 6.45) is 3.82. The monoisotopic (exact) mass is 184 g/mol. The highest BCUT2D eigenvalue weighted by Crippen LogP contribution is 2.53. The summed E-state index contributed by atoms with van der Waals surface area (Å²) in [6, 6.07) is 0. The van der Waals surface area contributed by atoms with Crippen molar-refractivity contribution in [2.24, 2.45) is 11.8 Å². The molecule has 0 radical (unpaired) electrons. The van der Waals surface area contributed by atoms with Gasteiger partial charge in [0.15, 0.2) is 5.79 Å². The van der Waals surface area contributed by atoms with Gasteiger partial charge >= 0.3 is 0 Å². The molecule has 13 heavy (non-hydrogen) atoms. The second-order valence-corrected chi connectivity index (χ2v) is 4.56. The van der Waals surface area contributed by atoms with Crippen LogP contribution in [0.25, 0.3) is 0 Å². The molecule has 2 bridgehead atoms. The lowest BCUT2D eigenvalue weighted by molar-refractivity contribution is -0.294. The summed E-state index contributed by atoms with van der Waals surface area (Å²) in [6.45, 7) is 1.67. The maximum absolute atomic E-state index is 9.62. The molecule has 3 nitrogen and oxygen atoms in total. The van der Waals surface area contributed by atoms with Crippen LogP contribution in [0.1, 0.15) is 25.7 Å². The van der Waals surface area contributed by atoms with Crippen molar-refractivity contribution in [1.29, 1.82) is 0 Å². The van der Waals surface area contributed by atoms with Crippen molar-refractivity contribution >= 4 is 0 Å². The van der Waals surface area contributed by atoms with Crippen LogP contribution in [-0.4, -0.2) is 30.2 Å². The predicted octanol–water partition coefficient (Wildman–Crippen LogP) is 0.910. The maximum atomic E-state index is 9.62. The van der Waals surface area contributed by atoms with Crippen molar-refractivity contribution in [2.75, 3.05) is 13.2 Å². The number of aliphatic hydroxyl groups is 1. The van der Waals surface area contributed by atoms with Crippen LogP contribution in [0.2, 0.25) is 0 Å². The molecule has 3 atom stereocenters. The number of hydrogen-bond acceptors (Lipinski definition) is 3. The summed E-state index contributed by atoms with van der Waals surface area (Å²) in [5, 5.41) is 9.62. The Labute approximate surface area is 78.0 Å². The number of rotatable bonds is 0. The Bertz CT molecular complexity index is 208. The summed E-state index contributed by atoms with van der Waals surface area (Å²) in [5.41, 5.74) is 0. The first kappa shape index (κ1) is 8.21. The molecule has 3 unspecified atom stereocenters. The van der Waals surface area contributed by atoms with Crippen LogP contribution < -0.4 is 0 Å². The van der Waals surface area contributed by atoms with Crippen LogP contribution in [0.15, 0.2) is 0 Å². The van der Waals surface area contributed by atoms with Crippen LogP contribution in [-0.2, 0) is 9.47 Å². The van der Waals surface area contributed by atoms with Crippen molar-refractivity contribution < 1.29 is 14.6 Å². The third-order valence-electron chi connectivity index (χ3n) is 3.81. The normalized spacial score (nSPS) is 47.3. The fourth-order valence-corrected chi connectivity index (χ4v) is 3.16. The number of hydrogen-bond donors (Lipinski definition) is 1. The lowest BCUT2D eigenvalue weighted by atomic mass is 9.91. The van der Waals surface area contributed by atoms with Crippen LogP contribution in [0.3, 0.4) is 0 Å². The molecule has 2 saturated carbocycles. The molecule has 0 aromatic carbocycles. The molecule has 3 aliphatic rings. The van der Waals surface area contributed by atoms with Crippen molar-refractivity contribution in [3.63, 3.8) is 0 Å². The zero-order valence-electron chi connectivity index (χ0n) is 7.74. The SMILES string of the molecule is OC1CC2CC1CC21OCCCO1. The Morgan fingerprint density at radius 2 is 1.92 bits per heavy atom. The summed E-state index contributed by atoms with van der Waals surface area (Å²) in [4.78, 5) is 0. The molecular weight excluding hydrogens is 168 g/mol. The quantitative estimate of drug-likeness (QED) is 0.608. The zero-order valence-corrected chi connectivity index (χ0v) is 7.74. The molecule has 1 saturated heterocycles. The summed E-state index contributed by atoms with van der Waals surface area (Å²) < 4.78 is 11.6. The molecule has 1 aliphatic heterocycles. The Morgan fingerprint density at radius 1 is 1.15 bits per heavy atom. The molecule has 0 aromatic rings. The van der Waals surface area contributed by atoms with Gasteiger partial charge in [-0.25, -0.2) is 0 Å². The van der Waals surface area contributed by atoms with Crippen LogP contribution in [0.4, 0.5) is 0 Å². The Kier molecular flexibility index (Phi) is 1.70. The molecule has 1 N–H and O–H groups in total. The predicted molar refractivity (Wildman–Crippen MR) is 46.1 cm³/mol. The van der Waals surface area contributed by atoms with E-state index in [1.54, 1.807) is 0 Å². The molecule has 0 amide bonds. The molecule has 1 heterocycles. The molecule has 3 heteroatoms. The summed E-state index contributed by atoms with van der Waals surface area (Å²) in [7, 11) is 0. The third kappa shape index (κ3) is 1.07. The molecule has 2 aliphatic carbocycles. The standard InChI is InChI=1S/C10H16O3/c11-9-5-8-4-7(9)6-10(8)12-2-1-3-13-10/h7-9,11H,1-6H2. The minimum atomic E-state index is -0.290. The van der Waals surface area contributed by atoms with Gasteiger partial charge in [-0.15, -0.1) is 0 Å². The molecular formula is C10H16O3. The average Bonchev–Trinajstić information content (AvgIpc) is 2.63. The van der Waals surface area contributed by atoms with Crippen LogP contribution >= 0.6 is 0 Å². The lowest BCUT2D eigenvalue weighted by Gasteiger charge is -2.41. The van der Waals surface area contributed by atoms with E-state index in [4.69, 9.17) is 9.47 Å². The molecule has 0 aromatic heterocycles. The maximum Gasteiger partial charge on any atom is 0.171 e. The molecule has 3 rings (SSSR count). The van der Waals surface area contributed by atoms with Gasteiger partial charge in [-0.3, -0.25) is 0 Å². The van der Waals surface area contributed by atoms with Gasteiger partial charge in [-0.1, -0.05) is 0 Å². The first-order chi connectivity index (χ1) is 6.30. The van der Waals surface area contributed by atoms with E-state index in [0.717, 1.165) is 38.9 Å². The second kappa shape index (κ2) is 2.69. The Morgan fingerprint density at radius 3 is 2.46 bits per heavy atom. The van der Waals surface area contributed by atoms with Crippen molar-refractivity contribution in [1.82, 2.24) is 0 Å². The first-order valence-electron chi connectivity index (χ1n) is 5.26. The van der Waals surface area contributed by atoms with Gasteiger partial charge in [0.2, 0.25) is 0 Å². The Balaban J connectivity index is 1.80. The highest BCUT2D eigenvalue weighted by Gasteiger charge is 2.57. The summed E-state index contributed by atoms with van der Waals surface area (Å²) >= 11 is 0.